The van der Waals surface area contributed by atoms with E-state index in [0.717, 1.165) is 0 Å². The van der Waals surface area contributed by atoms with Gasteiger partial charge in [0.15, 0.2) is 0 Å². The Morgan fingerprint density at radius 3 is 2.42 bits per heavy atom. The van der Waals surface area contributed by atoms with Crippen LogP contribution in [0.1, 0.15) is 11.9 Å². The highest BCUT2D eigenvalue weighted by molar-refractivity contribution is 5.60. The van der Waals surface area contributed by atoms with Gasteiger partial charge in [-0.15, -0.1) is 0 Å². The molecular weight excluding hydrogens is 250 g/mol. The fraction of sp³-hybridized carbons (Fsp3) is 0.333. The third-order valence-corrected chi connectivity index (χ3v) is 2.57. The molecule has 1 aromatic heterocycles. The molecule has 3 N–H and O–H groups in total. The molecule has 19 heavy (non-hydrogen) atoms. The van der Waals surface area contributed by atoms with Crippen LogP contribution in [0.4, 0.5) is 0 Å². The maximum Gasteiger partial charge on any atom is 0.246 e. The second kappa shape index (κ2) is 5.68. The van der Waals surface area contributed by atoms with Crippen molar-refractivity contribution < 1.29 is 19.1 Å². The van der Waals surface area contributed by atoms with Crippen LogP contribution in [0.5, 0.6) is 11.5 Å². The number of aliphatic hydroxyl groups excluding tert-OH is 1. The van der Waals surface area contributed by atoms with Gasteiger partial charge in [0.1, 0.15) is 17.5 Å². The summed E-state index contributed by atoms with van der Waals surface area (Å²) < 4.78 is 15.3. The number of benzene rings is 1. The first-order valence-electron chi connectivity index (χ1n) is 5.61. The van der Waals surface area contributed by atoms with Crippen molar-refractivity contribution in [3.8, 4) is 22.9 Å². The van der Waals surface area contributed by atoms with Gasteiger partial charge in [-0.25, -0.2) is 0 Å². The zero-order valence-electron chi connectivity index (χ0n) is 10.7. The number of nitrogens with two attached hydrogens (primary N) is 1. The van der Waals surface area contributed by atoms with Crippen LogP contribution in [0.2, 0.25) is 0 Å². The fourth-order valence-corrected chi connectivity index (χ4v) is 1.52. The molecule has 1 aromatic carbocycles. The van der Waals surface area contributed by atoms with Gasteiger partial charge in [-0.1, -0.05) is 5.16 Å². The minimum absolute atomic E-state index is 0.180. The lowest BCUT2D eigenvalue weighted by Crippen LogP contribution is -2.14. The number of aliphatic hydroxyl groups is 1. The van der Waals surface area contributed by atoms with Crippen molar-refractivity contribution in [2.24, 2.45) is 5.73 Å². The van der Waals surface area contributed by atoms with Gasteiger partial charge in [0.05, 0.1) is 20.8 Å². The molecule has 0 aliphatic heterocycles. The Bertz CT molecular complexity index is 533. The molecule has 102 valence electrons. The van der Waals surface area contributed by atoms with Crippen molar-refractivity contribution in [1.29, 1.82) is 0 Å². The average Bonchev–Trinajstić information content (AvgIpc) is 2.95. The first-order chi connectivity index (χ1) is 9.17. The molecule has 0 aliphatic rings. The molecule has 0 amide bonds. The number of ether oxygens (including phenoxy) is 2. The second-order valence-corrected chi connectivity index (χ2v) is 3.85. The van der Waals surface area contributed by atoms with E-state index in [1.54, 1.807) is 32.4 Å². The van der Waals surface area contributed by atoms with Gasteiger partial charge in [0.2, 0.25) is 11.7 Å². The van der Waals surface area contributed by atoms with Gasteiger partial charge in [0.25, 0.3) is 0 Å². The van der Waals surface area contributed by atoms with Crippen molar-refractivity contribution >= 4 is 0 Å². The van der Waals surface area contributed by atoms with Gasteiger partial charge < -0.3 is 24.8 Å². The molecule has 0 saturated carbocycles. The highest BCUT2D eigenvalue weighted by atomic mass is 16.5. The summed E-state index contributed by atoms with van der Waals surface area (Å²) in [4.78, 5) is 4.13. The Labute approximate surface area is 109 Å². The maximum atomic E-state index is 8.94. The third-order valence-electron chi connectivity index (χ3n) is 2.57. The third kappa shape index (κ3) is 2.83. The molecular formula is C12H15N3O4. The van der Waals surface area contributed by atoms with E-state index >= 15 is 0 Å². The van der Waals surface area contributed by atoms with Crippen molar-refractivity contribution in [1.82, 2.24) is 10.1 Å². The molecule has 0 saturated heterocycles. The van der Waals surface area contributed by atoms with Gasteiger partial charge in [0, 0.05) is 11.6 Å². The molecule has 0 radical (unpaired) electrons. The van der Waals surface area contributed by atoms with Crippen LogP contribution in [0.25, 0.3) is 11.4 Å². The van der Waals surface area contributed by atoms with Crippen LogP contribution in [-0.2, 0) is 0 Å². The number of methoxy groups -OCH3 is 2. The molecule has 0 aliphatic carbocycles. The fourth-order valence-electron chi connectivity index (χ4n) is 1.52. The van der Waals surface area contributed by atoms with Crippen molar-refractivity contribution in [3.63, 3.8) is 0 Å². The van der Waals surface area contributed by atoms with Crippen LogP contribution in [0.15, 0.2) is 22.7 Å². The monoisotopic (exact) mass is 265 g/mol. The molecule has 1 heterocycles. The normalized spacial score (nSPS) is 12.2. The largest absolute Gasteiger partial charge is 0.497 e. The summed E-state index contributed by atoms with van der Waals surface area (Å²) in [5.74, 6) is 1.77. The van der Waals surface area contributed by atoms with Crippen LogP contribution in [0.3, 0.4) is 0 Å². The molecule has 7 heteroatoms. The highest BCUT2D eigenvalue weighted by Gasteiger charge is 2.15. The summed E-state index contributed by atoms with van der Waals surface area (Å²) in [6.45, 7) is -0.261. The van der Waals surface area contributed by atoms with Crippen molar-refractivity contribution in [3.05, 3.63) is 24.1 Å². The van der Waals surface area contributed by atoms with E-state index in [0.29, 0.717) is 22.9 Å². The summed E-state index contributed by atoms with van der Waals surface area (Å²) in [7, 11) is 3.11. The lowest BCUT2D eigenvalue weighted by molar-refractivity contribution is 0.237. The summed E-state index contributed by atoms with van der Waals surface area (Å²) in [6.07, 6.45) is 0. The van der Waals surface area contributed by atoms with E-state index in [1.807, 2.05) is 0 Å². The first-order valence-corrected chi connectivity index (χ1v) is 5.61. The quantitative estimate of drug-likeness (QED) is 0.821. The predicted octanol–water partition coefficient (Wildman–Crippen LogP) is 0.746. The smallest absolute Gasteiger partial charge is 0.246 e. The number of aromatic nitrogens is 2. The topological polar surface area (TPSA) is 104 Å². The van der Waals surface area contributed by atoms with Gasteiger partial charge >= 0.3 is 0 Å². The molecule has 0 fully saturated rings. The standard InChI is InChI=1S/C12H15N3O4/c1-17-8-3-7(4-9(5-8)18-2)11-14-12(19-15-11)10(13)6-16/h3-5,10,16H,6,13H2,1-2H3/t10-/m1/s1. The van der Waals surface area contributed by atoms with E-state index in [4.69, 9.17) is 24.8 Å². The zero-order chi connectivity index (χ0) is 13.8. The molecule has 1 atom stereocenters. The van der Waals surface area contributed by atoms with Crippen LogP contribution in [-0.4, -0.2) is 36.1 Å². The molecule has 7 nitrogen and oxygen atoms in total. The summed E-state index contributed by atoms with van der Waals surface area (Å²) in [6, 6.07) is 4.56. The summed E-state index contributed by atoms with van der Waals surface area (Å²) in [5, 5.41) is 12.8. The molecule has 2 rings (SSSR count). The first kappa shape index (κ1) is 13.3. The lowest BCUT2D eigenvalue weighted by atomic mass is 10.2. The highest BCUT2D eigenvalue weighted by Crippen LogP contribution is 2.28. The second-order valence-electron chi connectivity index (χ2n) is 3.85. The molecule has 2 aromatic rings. The molecule has 0 spiro atoms. The van der Waals surface area contributed by atoms with Crippen LogP contribution >= 0.6 is 0 Å². The Hall–Kier alpha value is -2.12. The lowest BCUT2D eigenvalue weighted by Gasteiger charge is -2.05. The van der Waals surface area contributed by atoms with Gasteiger partial charge in [-0.2, -0.15) is 4.98 Å². The number of hydrogen-bond donors (Lipinski definition) is 2. The molecule has 0 bridgehead atoms. The molecule has 0 unspecified atom stereocenters. The van der Waals surface area contributed by atoms with E-state index in [-0.39, 0.29) is 12.5 Å². The van der Waals surface area contributed by atoms with E-state index in [2.05, 4.69) is 10.1 Å². The minimum atomic E-state index is -0.686. The Balaban J connectivity index is 2.37. The van der Waals surface area contributed by atoms with E-state index in [9.17, 15) is 0 Å². The Morgan fingerprint density at radius 2 is 1.89 bits per heavy atom. The van der Waals surface area contributed by atoms with Gasteiger partial charge in [-0.05, 0) is 12.1 Å². The number of rotatable bonds is 5. The maximum absolute atomic E-state index is 8.94. The van der Waals surface area contributed by atoms with E-state index < -0.39 is 6.04 Å². The Morgan fingerprint density at radius 1 is 1.26 bits per heavy atom. The van der Waals surface area contributed by atoms with Crippen molar-refractivity contribution in [2.75, 3.05) is 20.8 Å². The predicted molar refractivity (Wildman–Crippen MR) is 66.9 cm³/mol. The average molecular weight is 265 g/mol. The van der Waals surface area contributed by atoms with Crippen molar-refractivity contribution in [2.45, 2.75) is 6.04 Å². The zero-order valence-corrected chi connectivity index (χ0v) is 10.7. The Kier molecular flexibility index (Phi) is 3.98. The number of nitrogens with zero attached hydrogens (tertiary/aromatic N) is 2. The van der Waals surface area contributed by atoms with Crippen LogP contribution < -0.4 is 15.2 Å². The summed E-state index contributed by atoms with van der Waals surface area (Å²) in [5.41, 5.74) is 6.28. The minimum Gasteiger partial charge on any atom is -0.497 e. The van der Waals surface area contributed by atoms with Gasteiger partial charge in [-0.3, -0.25) is 0 Å². The van der Waals surface area contributed by atoms with Crippen LogP contribution in [0, 0.1) is 0 Å². The SMILES string of the molecule is COc1cc(OC)cc(-c2noc([C@H](N)CO)n2)c1. The van der Waals surface area contributed by atoms with E-state index in [1.165, 1.54) is 0 Å². The summed E-state index contributed by atoms with van der Waals surface area (Å²) >= 11 is 0. The number of hydrogen-bond acceptors (Lipinski definition) is 7.